The van der Waals surface area contributed by atoms with Gasteiger partial charge < -0.3 is 14.8 Å². The fourth-order valence-electron chi connectivity index (χ4n) is 3.15. The van der Waals surface area contributed by atoms with Gasteiger partial charge in [-0.15, -0.1) is 0 Å². The molecular formula is C24H22FN3O5S. The number of benzene rings is 3. The zero-order valence-corrected chi connectivity index (χ0v) is 19.3. The maximum absolute atomic E-state index is 13.5. The van der Waals surface area contributed by atoms with Crippen molar-refractivity contribution >= 4 is 27.3 Å². The number of carbonyl (C=O) groups excluding carboxylic acids is 1. The molecule has 0 atom stereocenters. The number of nitrogens with zero attached hydrogens (tertiary/aromatic N) is 2. The molecule has 0 aliphatic carbocycles. The Morgan fingerprint density at radius 2 is 1.65 bits per heavy atom. The van der Waals surface area contributed by atoms with Gasteiger partial charge in [0.15, 0.2) is 11.5 Å². The second-order valence-electron chi connectivity index (χ2n) is 7.08. The molecule has 0 aromatic heterocycles. The highest BCUT2D eigenvalue weighted by molar-refractivity contribution is 7.92. The summed E-state index contributed by atoms with van der Waals surface area (Å²) in [6.45, 7) is -0.567. The molecule has 0 unspecified atom stereocenters. The normalized spacial score (nSPS) is 10.8. The van der Waals surface area contributed by atoms with Crippen LogP contribution in [0.3, 0.4) is 0 Å². The number of amides is 1. The van der Waals surface area contributed by atoms with Crippen LogP contribution in [-0.4, -0.2) is 35.1 Å². The Kier molecular flexibility index (Phi) is 7.71. The second-order valence-corrected chi connectivity index (χ2v) is 8.95. The molecule has 3 aromatic carbocycles. The topological polar surface area (TPSA) is 109 Å². The first-order chi connectivity index (χ1) is 16.3. The largest absolute Gasteiger partial charge is 0.493 e. The molecule has 34 heavy (non-hydrogen) atoms. The van der Waals surface area contributed by atoms with E-state index < -0.39 is 28.3 Å². The summed E-state index contributed by atoms with van der Waals surface area (Å²) >= 11 is 0. The number of sulfonamides is 1. The summed E-state index contributed by atoms with van der Waals surface area (Å²) in [4.78, 5) is 12.7. The van der Waals surface area contributed by atoms with Crippen LogP contribution in [0, 0.1) is 17.1 Å². The molecule has 10 heteroatoms. The fraction of sp³-hybridized carbons (Fsp3) is 0.167. The van der Waals surface area contributed by atoms with Crippen LogP contribution in [0.15, 0.2) is 71.6 Å². The maximum Gasteiger partial charge on any atom is 0.264 e. The highest BCUT2D eigenvalue weighted by atomic mass is 32.2. The Labute approximate surface area is 197 Å². The van der Waals surface area contributed by atoms with Gasteiger partial charge in [0.2, 0.25) is 5.91 Å². The van der Waals surface area contributed by atoms with E-state index >= 15 is 0 Å². The van der Waals surface area contributed by atoms with E-state index in [0.29, 0.717) is 11.4 Å². The number of nitriles is 1. The average molecular weight is 484 g/mol. The number of anilines is 2. The molecule has 0 aliphatic rings. The number of ether oxygens (including phenoxy) is 2. The highest BCUT2D eigenvalue weighted by Gasteiger charge is 2.28. The van der Waals surface area contributed by atoms with Gasteiger partial charge in [-0.1, -0.05) is 12.1 Å². The van der Waals surface area contributed by atoms with Crippen molar-refractivity contribution in [3.05, 3.63) is 78.1 Å². The Balaban J connectivity index is 1.93. The summed E-state index contributed by atoms with van der Waals surface area (Å²) in [5.74, 6) is -0.618. The fourth-order valence-corrected chi connectivity index (χ4v) is 4.59. The van der Waals surface area contributed by atoms with Crippen molar-refractivity contribution in [3.8, 4) is 17.6 Å². The van der Waals surface area contributed by atoms with Crippen LogP contribution >= 0.6 is 0 Å². The first-order valence-corrected chi connectivity index (χ1v) is 11.5. The van der Waals surface area contributed by atoms with Gasteiger partial charge in [-0.2, -0.15) is 5.26 Å². The molecule has 0 saturated carbocycles. The second kappa shape index (κ2) is 10.7. The van der Waals surface area contributed by atoms with Crippen LogP contribution < -0.4 is 19.1 Å². The summed E-state index contributed by atoms with van der Waals surface area (Å²) in [6.07, 6.45) is 0.232. The number of halogens is 1. The Morgan fingerprint density at radius 1 is 1.00 bits per heavy atom. The van der Waals surface area contributed by atoms with Gasteiger partial charge in [0.25, 0.3) is 10.0 Å². The molecule has 0 saturated heterocycles. The zero-order valence-electron chi connectivity index (χ0n) is 18.5. The molecular weight excluding hydrogens is 461 g/mol. The Hall–Kier alpha value is -4.10. The van der Waals surface area contributed by atoms with Crippen molar-refractivity contribution < 1.29 is 27.1 Å². The van der Waals surface area contributed by atoms with Crippen LogP contribution in [-0.2, 0) is 21.2 Å². The molecule has 8 nitrogen and oxygen atoms in total. The lowest BCUT2D eigenvalue weighted by Crippen LogP contribution is -2.38. The highest BCUT2D eigenvalue weighted by Crippen LogP contribution is 2.32. The monoisotopic (exact) mass is 483 g/mol. The van der Waals surface area contributed by atoms with E-state index in [1.807, 2.05) is 6.07 Å². The van der Waals surface area contributed by atoms with Gasteiger partial charge >= 0.3 is 0 Å². The van der Waals surface area contributed by atoms with Crippen LogP contribution in [0.4, 0.5) is 15.8 Å². The van der Waals surface area contributed by atoms with Gasteiger partial charge in [-0.3, -0.25) is 9.10 Å². The Morgan fingerprint density at radius 3 is 2.24 bits per heavy atom. The van der Waals surface area contributed by atoms with Crippen LogP contribution in [0.25, 0.3) is 0 Å². The van der Waals surface area contributed by atoms with Crippen LogP contribution in [0.5, 0.6) is 11.5 Å². The minimum absolute atomic E-state index is 0.107. The first kappa shape index (κ1) is 24.5. The number of carbonyl (C=O) groups is 1. The number of hydrogen-bond acceptors (Lipinski definition) is 6. The predicted molar refractivity (Wildman–Crippen MR) is 125 cm³/mol. The number of methoxy groups -OCH3 is 2. The van der Waals surface area contributed by atoms with Gasteiger partial charge in [-0.25, -0.2) is 12.8 Å². The summed E-state index contributed by atoms with van der Waals surface area (Å²) in [5, 5.41) is 11.4. The van der Waals surface area contributed by atoms with E-state index in [9.17, 15) is 17.6 Å². The van der Waals surface area contributed by atoms with Crippen molar-refractivity contribution in [2.45, 2.75) is 11.3 Å². The first-order valence-electron chi connectivity index (χ1n) is 10.0. The predicted octanol–water partition coefficient (Wildman–Crippen LogP) is 3.74. The summed E-state index contributed by atoms with van der Waals surface area (Å²) in [5.41, 5.74) is 1.33. The summed E-state index contributed by atoms with van der Waals surface area (Å²) < 4.78 is 51.8. The van der Waals surface area contributed by atoms with Crippen molar-refractivity contribution in [3.63, 3.8) is 0 Å². The Bertz CT molecular complexity index is 1300. The van der Waals surface area contributed by atoms with E-state index in [0.717, 1.165) is 22.0 Å². The van der Waals surface area contributed by atoms with Gasteiger partial charge in [-0.05, 0) is 54.1 Å². The van der Waals surface area contributed by atoms with Crippen molar-refractivity contribution in [1.29, 1.82) is 5.26 Å². The van der Waals surface area contributed by atoms with E-state index in [-0.39, 0.29) is 22.8 Å². The molecule has 0 radical (unpaired) electrons. The van der Waals surface area contributed by atoms with E-state index in [2.05, 4.69) is 5.32 Å². The third-order valence-corrected chi connectivity index (χ3v) is 6.64. The van der Waals surface area contributed by atoms with Gasteiger partial charge in [0.05, 0.1) is 37.3 Å². The molecule has 3 rings (SSSR count). The number of nitrogens with one attached hydrogen (secondary N) is 1. The third kappa shape index (κ3) is 5.63. The van der Waals surface area contributed by atoms with E-state index in [1.54, 1.807) is 24.3 Å². The zero-order chi connectivity index (χ0) is 24.7. The van der Waals surface area contributed by atoms with Crippen molar-refractivity contribution in [2.75, 3.05) is 30.4 Å². The summed E-state index contributed by atoms with van der Waals surface area (Å²) in [6, 6.07) is 17.5. The molecule has 0 bridgehead atoms. The number of rotatable bonds is 9. The molecule has 0 fully saturated rings. The molecule has 176 valence electrons. The minimum atomic E-state index is -4.25. The third-order valence-electron chi connectivity index (χ3n) is 4.87. The minimum Gasteiger partial charge on any atom is -0.493 e. The molecule has 3 aromatic rings. The van der Waals surface area contributed by atoms with E-state index in [1.165, 1.54) is 44.6 Å². The SMILES string of the molecule is COc1ccc(S(=O)(=O)N(CC(=O)Nc2ccc(CC#N)cc2)c2ccc(F)cc2)cc1OC. The lowest BCUT2D eigenvalue weighted by atomic mass is 10.1. The van der Waals surface area contributed by atoms with Gasteiger partial charge in [0.1, 0.15) is 12.4 Å². The van der Waals surface area contributed by atoms with Crippen molar-refractivity contribution in [2.24, 2.45) is 0 Å². The van der Waals surface area contributed by atoms with Crippen molar-refractivity contribution in [1.82, 2.24) is 0 Å². The smallest absolute Gasteiger partial charge is 0.264 e. The molecule has 0 spiro atoms. The quantitative estimate of drug-likeness (QED) is 0.497. The maximum atomic E-state index is 13.5. The molecule has 1 amide bonds. The molecule has 0 heterocycles. The standard InChI is InChI=1S/C24H22FN3O5S/c1-32-22-12-11-21(15-23(22)33-2)34(30,31)28(20-9-5-18(25)6-10-20)16-24(29)27-19-7-3-17(4-8-19)13-14-26/h3-12,15H,13,16H2,1-2H3,(H,27,29). The molecule has 1 N–H and O–H groups in total. The lowest BCUT2D eigenvalue weighted by molar-refractivity contribution is -0.114. The van der Waals surface area contributed by atoms with E-state index in [4.69, 9.17) is 14.7 Å². The lowest BCUT2D eigenvalue weighted by Gasteiger charge is -2.24. The van der Waals surface area contributed by atoms with Crippen LogP contribution in [0.2, 0.25) is 0 Å². The van der Waals surface area contributed by atoms with Crippen LogP contribution in [0.1, 0.15) is 5.56 Å². The number of hydrogen-bond donors (Lipinski definition) is 1. The van der Waals surface area contributed by atoms with Gasteiger partial charge in [0, 0.05) is 11.8 Å². The summed E-state index contributed by atoms with van der Waals surface area (Å²) in [7, 11) is -1.45. The average Bonchev–Trinajstić information content (AvgIpc) is 2.84. The molecule has 0 aliphatic heterocycles.